The third-order valence-electron chi connectivity index (χ3n) is 10.9. The van der Waals surface area contributed by atoms with Crippen molar-refractivity contribution in [2.45, 2.75) is 12.3 Å². The largest absolute Gasteiger partial charge is 0.310 e. The van der Waals surface area contributed by atoms with Crippen molar-refractivity contribution in [2.75, 3.05) is 4.90 Å². The zero-order valence-corrected chi connectivity index (χ0v) is 28.6. The van der Waals surface area contributed by atoms with E-state index < -0.39 is 0 Å². The van der Waals surface area contributed by atoms with Gasteiger partial charge in [-0.2, -0.15) is 0 Å². The average molecular weight is 669 g/mol. The van der Waals surface area contributed by atoms with Crippen LogP contribution in [0.2, 0.25) is 0 Å². The van der Waals surface area contributed by atoms with Gasteiger partial charge in [0.2, 0.25) is 0 Å². The van der Waals surface area contributed by atoms with Crippen LogP contribution in [0.4, 0.5) is 17.1 Å². The van der Waals surface area contributed by atoms with Crippen LogP contribution in [0, 0.1) is 0 Å². The van der Waals surface area contributed by atoms with E-state index in [1.54, 1.807) is 0 Å². The molecule has 7 aromatic carbocycles. The normalized spacial score (nSPS) is 15.1. The van der Waals surface area contributed by atoms with Gasteiger partial charge in [0.1, 0.15) is 0 Å². The maximum atomic E-state index is 2.48. The Morgan fingerprint density at radius 3 is 2.24 bits per heavy atom. The van der Waals surface area contributed by atoms with E-state index in [0.29, 0.717) is 5.92 Å². The molecule has 3 heteroatoms. The van der Waals surface area contributed by atoms with E-state index in [-0.39, 0.29) is 0 Å². The van der Waals surface area contributed by atoms with Gasteiger partial charge in [0, 0.05) is 59.3 Å². The van der Waals surface area contributed by atoms with Gasteiger partial charge in [0.15, 0.2) is 0 Å². The number of benzene rings is 7. The number of para-hydroxylation sites is 2. The lowest BCUT2D eigenvalue weighted by atomic mass is 9.78. The number of rotatable bonds is 4. The molecule has 1 atom stereocenters. The highest BCUT2D eigenvalue weighted by molar-refractivity contribution is 7.25. The van der Waals surface area contributed by atoms with E-state index >= 15 is 0 Å². The highest BCUT2D eigenvalue weighted by Gasteiger charge is 2.25. The summed E-state index contributed by atoms with van der Waals surface area (Å²) in [4.78, 5) is 2.48. The molecule has 0 spiro atoms. The molecule has 0 N–H and O–H groups in total. The first kappa shape index (κ1) is 28.7. The van der Waals surface area contributed by atoms with Crippen molar-refractivity contribution in [2.24, 2.45) is 0 Å². The van der Waals surface area contributed by atoms with Crippen molar-refractivity contribution < 1.29 is 0 Å². The first-order valence-corrected chi connectivity index (χ1v) is 18.5. The molecular weight excluding hydrogens is 637 g/mol. The van der Waals surface area contributed by atoms with Crippen molar-refractivity contribution in [1.29, 1.82) is 0 Å². The van der Waals surface area contributed by atoms with Gasteiger partial charge in [-0.05, 0) is 89.2 Å². The Kier molecular flexibility index (Phi) is 6.28. The summed E-state index contributed by atoms with van der Waals surface area (Å²) in [6.45, 7) is 0. The lowest BCUT2D eigenvalue weighted by Gasteiger charge is -2.29. The average Bonchev–Trinajstić information content (AvgIpc) is 3.73. The smallest absolute Gasteiger partial charge is 0.0542 e. The van der Waals surface area contributed by atoms with Crippen molar-refractivity contribution >= 4 is 87.2 Å². The first-order valence-electron chi connectivity index (χ1n) is 17.7. The summed E-state index contributed by atoms with van der Waals surface area (Å²) in [5.74, 6) is 0.416. The third kappa shape index (κ3) is 4.35. The monoisotopic (exact) mass is 668 g/mol. The fourth-order valence-corrected chi connectivity index (χ4v) is 9.75. The predicted molar refractivity (Wildman–Crippen MR) is 219 cm³/mol. The Morgan fingerprint density at radius 1 is 0.549 bits per heavy atom. The molecule has 2 aromatic heterocycles. The molecule has 0 radical (unpaired) electrons. The van der Waals surface area contributed by atoms with E-state index in [9.17, 15) is 0 Å². The summed E-state index contributed by atoms with van der Waals surface area (Å²) in [6.07, 6.45) is 12.5. The highest BCUT2D eigenvalue weighted by atomic mass is 32.1. The second-order valence-corrected chi connectivity index (χ2v) is 14.7. The molecule has 2 aliphatic rings. The minimum Gasteiger partial charge on any atom is -0.310 e. The van der Waals surface area contributed by atoms with Gasteiger partial charge in [-0.1, -0.05) is 115 Å². The molecule has 2 aliphatic carbocycles. The number of anilines is 3. The van der Waals surface area contributed by atoms with Crippen LogP contribution >= 0.6 is 11.3 Å². The highest BCUT2D eigenvalue weighted by Crippen LogP contribution is 2.47. The number of nitrogens with zero attached hydrogens (tertiary/aromatic N) is 2. The minimum absolute atomic E-state index is 0.416. The van der Waals surface area contributed by atoms with Gasteiger partial charge < -0.3 is 9.47 Å². The number of fused-ring (bicyclic) bond motifs is 11. The summed E-state index contributed by atoms with van der Waals surface area (Å²) in [5.41, 5.74) is 11.2. The summed E-state index contributed by atoms with van der Waals surface area (Å²) >= 11 is 1.87. The zero-order valence-electron chi connectivity index (χ0n) is 27.8. The summed E-state index contributed by atoms with van der Waals surface area (Å²) < 4.78 is 5.01. The number of hydrogen-bond donors (Lipinski definition) is 0. The zero-order chi connectivity index (χ0) is 33.5. The maximum Gasteiger partial charge on any atom is 0.0542 e. The number of allylic oxidation sites excluding steroid dienone is 5. The molecule has 0 saturated heterocycles. The number of aromatic nitrogens is 1. The van der Waals surface area contributed by atoms with E-state index in [0.717, 1.165) is 17.8 Å². The molecular formula is C48H32N2S. The lowest BCUT2D eigenvalue weighted by Crippen LogP contribution is -2.12. The van der Waals surface area contributed by atoms with Crippen LogP contribution in [0.1, 0.15) is 23.5 Å². The molecule has 0 aliphatic heterocycles. The fourth-order valence-electron chi connectivity index (χ4n) is 8.61. The van der Waals surface area contributed by atoms with E-state index in [1.807, 2.05) is 11.3 Å². The molecule has 2 heterocycles. The second-order valence-electron chi connectivity index (χ2n) is 13.7. The summed E-state index contributed by atoms with van der Waals surface area (Å²) in [5, 5.41) is 7.67. The second kappa shape index (κ2) is 11.2. The van der Waals surface area contributed by atoms with Crippen molar-refractivity contribution in [3.63, 3.8) is 0 Å². The number of thiophene rings is 1. The van der Waals surface area contributed by atoms with E-state index in [1.165, 1.54) is 80.8 Å². The van der Waals surface area contributed by atoms with Gasteiger partial charge in [-0.3, -0.25) is 0 Å². The fraction of sp³-hybridized carbons (Fsp3) is 0.0417. The quantitative estimate of drug-likeness (QED) is 0.181. The van der Waals surface area contributed by atoms with Gasteiger partial charge in [0.05, 0.1) is 16.7 Å². The molecule has 9 aromatic rings. The Balaban J connectivity index is 1.17. The first-order chi connectivity index (χ1) is 25.3. The molecule has 51 heavy (non-hydrogen) atoms. The standard InChI is InChI=1S/C48H32N2S/c1-2-12-32(13-3-1)50-45-18-8-6-15-39(45)43-29-33(23-28-46(43)50)49(34-22-25-42-41-16-7-9-20-47(41)51-48(42)30-34)44-19-10-17-36-38-24-21-31-11-4-5-14-35(31)37(38)26-27-40(36)44/h1-13,15-30,35H,14H2. The molecule has 0 bridgehead atoms. The maximum absolute atomic E-state index is 2.48. The van der Waals surface area contributed by atoms with Gasteiger partial charge in [-0.15, -0.1) is 11.3 Å². The SMILES string of the molecule is C1=CCC2C(=C1)C=Cc1c2ccc2c(N(c3ccc4c(c3)sc3ccccc34)c3ccc4c(c3)c3ccccc3n4-c3ccccc3)cccc12. The summed E-state index contributed by atoms with van der Waals surface area (Å²) in [6, 6.07) is 53.9. The molecule has 2 nitrogen and oxygen atoms in total. The van der Waals surface area contributed by atoms with Crippen LogP contribution in [0.3, 0.4) is 0 Å². The minimum atomic E-state index is 0.416. The topological polar surface area (TPSA) is 8.17 Å². The van der Waals surface area contributed by atoms with Crippen LogP contribution in [-0.4, -0.2) is 4.57 Å². The Bertz CT molecular complexity index is 2950. The summed E-state index contributed by atoms with van der Waals surface area (Å²) in [7, 11) is 0. The van der Waals surface area contributed by atoms with Crippen molar-refractivity contribution in [1.82, 2.24) is 4.57 Å². The Morgan fingerprint density at radius 2 is 1.29 bits per heavy atom. The third-order valence-corrected chi connectivity index (χ3v) is 12.1. The lowest BCUT2D eigenvalue weighted by molar-refractivity contribution is 0.812. The number of hydrogen-bond acceptors (Lipinski definition) is 2. The molecule has 0 fully saturated rings. The molecule has 240 valence electrons. The Hall–Kier alpha value is -6.16. The van der Waals surface area contributed by atoms with Crippen molar-refractivity contribution in [3.8, 4) is 5.69 Å². The van der Waals surface area contributed by atoms with E-state index in [2.05, 4.69) is 185 Å². The van der Waals surface area contributed by atoms with Crippen LogP contribution < -0.4 is 4.90 Å². The van der Waals surface area contributed by atoms with Crippen LogP contribution in [0.25, 0.3) is 64.5 Å². The Labute approximate surface area is 300 Å². The van der Waals surface area contributed by atoms with Gasteiger partial charge in [0.25, 0.3) is 0 Å². The molecule has 1 unspecified atom stereocenters. The predicted octanol–water partition coefficient (Wildman–Crippen LogP) is 13.8. The molecule has 11 rings (SSSR count). The van der Waals surface area contributed by atoms with Gasteiger partial charge in [-0.25, -0.2) is 0 Å². The van der Waals surface area contributed by atoms with E-state index in [4.69, 9.17) is 0 Å². The van der Waals surface area contributed by atoms with Crippen LogP contribution in [0.15, 0.2) is 175 Å². The molecule has 0 amide bonds. The van der Waals surface area contributed by atoms with Gasteiger partial charge >= 0.3 is 0 Å². The van der Waals surface area contributed by atoms with Crippen LogP contribution in [0.5, 0.6) is 0 Å². The van der Waals surface area contributed by atoms with Crippen LogP contribution in [-0.2, 0) is 0 Å². The molecule has 0 saturated carbocycles. The van der Waals surface area contributed by atoms with Crippen molar-refractivity contribution in [3.05, 3.63) is 187 Å².